The lowest BCUT2D eigenvalue weighted by Crippen LogP contribution is -1.95. The molecule has 1 aromatic heterocycles. The summed E-state index contributed by atoms with van der Waals surface area (Å²) in [5, 5.41) is 7.56. The van der Waals surface area contributed by atoms with Gasteiger partial charge in [-0.1, -0.05) is 54.6 Å². The molecular weight excluding hydrogens is 312 g/mol. The molecule has 4 aromatic rings. The lowest BCUT2D eigenvalue weighted by atomic mass is 10.0. The van der Waals surface area contributed by atoms with E-state index in [1.807, 2.05) is 42.5 Å². The largest absolute Gasteiger partial charge is 0.489 e. The predicted octanol–water partition coefficient (Wildman–Crippen LogP) is 4.98. The Labute approximate surface area is 145 Å². The van der Waals surface area contributed by atoms with Crippen LogP contribution in [0.1, 0.15) is 5.56 Å². The van der Waals surface area contributed by atoms with Crippen molar-refractivity contribution in [3.63, 3.8) is 0 Å². The lowest BCUT2D eigenvalue weighted by Gasteiger charge is -2.08. The molecule has 0 amide bonds. The second-order valence-electron chi connectivity index (χ2n) is 5.62. The molecule has 0 aliphatic heterocycles. The van der Waals surface area contributed by atoms with Gasteiger partial charge in [0.1, 0.15) is 12.4 Å². The first kappa shape index (κ1) is 15.1. The summed E-state index contributed by atoms with van der Waals surface area (Å²) in [6.07, 6.45) is 1.32. The summed E-state index contributed by atoms with van der Waals surface area (Å²) in [6, 6.07) is 26.4. The summed E-state index contributed by atoms with van der Waals surface area (Å²) in [5.74, 6) is 1.30. The summed E-state index contributed by atoms with van der Waals surface area (Å²) in [5.41, 5.74) is 4.41. The van der Waals surface area contributed by atoms with Crippen LogP contribution >= 0.6 is 0 Å². The Morgan fingerprint density at radius 2 is 1.40 bits per heavy atom. The van der Waals surface area contributed by atoms with Gasteiger partial charge in [-0.2, -0.15) is 0 Å². The molecular formula is C21H16N2O2. The maximum absolute atomic E-state index is 5.84. The van der Waals surface area contributed by atoms with Crippen molar-refractivity contribution in [1.82, 2.24) is 10.2 Å². The molecule has 4 nitrogen and oxygen atoms in total. The van der Waals surface area contributed by atoms with Crippen LogP contribution in [-0.2, 0) is 6.61 Å². The molecule has 4 rings (SSSR count). The molecule has 25 heavy (non-hydrogen) atoms. The van der Waals surface area contributed by atoms with E-state index in [4.69, 9.17) is 9.15 Å². The van der Waals surface area contributed by atoms with Crippen molar-refractivity contribution in [2.24, 2.45) is 0 Å². The Hall–Kier alpha value is -3.40. The number of hydrogen-bond acceptors (Lipinski definition) is 4. The molecule has 0 saturated heterocycles. The second kappa shape index (κ2) is 7.01. The van der Waals surface area contributed by atoms with E-state index in [0.29, 0.717) is 12.5 Å². The molecule has 4 heteroatoms. The third-order valence-electron chi connectivity index (χ3n) is 3.93. The fourth-order valence-electron chi connectivity index (χ4n) is 2.58. The molecule has 0 saturated carbocycles. The van der Waals surface area contributed by atoms with Crippen LogP contribution in [0.5, 0.6) is 5.75 Å². The normalized spacial score (nSPS) is 10.6. The molecule has 0 radical (unpaired) electrons. The third-order valence-corrected chi connectivity index (χ3v) is 3.93. The lowest BCUT2D eigenvalue weighted by molar-refractivity contribution is 0.306. The predicted molar refractivity (Wildman–Crippen MR) is 95.9 cm³/mol. The van der Waals surface area contributed by atoms with E-state index in [-0.39, 0.29) is 0 Å². The summed E-state index contributed by atoms with van der Waals surface area (Å²) in [4.78, 5) is 0. The first-order chi connectivity index (χ1) is 12.4. The Morgan fingerprint density at radius 3 is 2.08 bits per heavy atom. The summed E-state index contributed by atoms with van der Waals surface area (Å²) in [7, 11) is 0. The number of ether oxygens (including phenoxy) is 1. The summed E-state index contributed by atoms with van der Waals surface area (Å²) in [6.45, 7) is 0.523. The maximum Gasteiger partial charge on any atom is 0.247 e. The van der Waals surface area contributed by atoms with Crippen molar-refractivity contribution in [2.75, 3.05) is 0 Å². The van der Waals surface area contributed by atoms with E-state index in [2.05, 4.69) is 46.6 Å². The van der Waals surface area contributed by atoms with E-state index in [9.17, 15) is 0 Å². The minimum Gasteiger partial charge on any atom is -0.489 e. The van der Waals surface area contributed by atoms with Crippen molar-refractivity contribution in [2.45, 2.75) is 6.61 Å². The van der Waals surface area contributed by atoms with Gasteiger partial charge in [-0.25, -0.2) is 0 Å². The van der Waals surface area contributed by atoms with Crippen molar-refractivity contribution < 1.29 is 9.15 Å². The topological polar surface area (TPSA) is 48.2 Å². The fourth-order valence-corrected chi connectivity index (χ4v) is 2.58. The number of rotatable bonds is 5. The van der Waals surface area contributed by atoms with E-state index >= 15 is 0 Å². The Bertz CT molecular complexity index is 916. The van der Waals surface area contributed by atoms with Crippen LogP contribution < -0.4 is 4.74 Å². The highest BCUT2D eigenvalue weighted by atomic mass is 16.5. The highest BCUT2D eigenvalue weighted by Crippen LogP contribution is 2.22. The average Bonchev–Trinajstić information content (AvgIpc) is 3.23. The van der Waals surface area contributed by atoms with E-state index in [1.54, 1.807) is 0 Å². The first-order valence-electron chi connectivity index (χ1n) is 8.02. The van der Waals surface area contributed by atoms with Gasteiger partial charge in [0, 0.05) is 5.56 Å². The van der Waals surface area contributed by atoms with Crippen LogP contribution in [0, 0.1) is 0 Å². The first-order valence-corrected chi connectivity index (χ1v) is 8.02. The molecule has 0 aliphatic carbocycles. The van der Waals surface area contributed by atoms with E-state index in [1.165, 1.54) is 17.5 Å². The van der Waals surface area contributed by atoms with Gasteiger partial charge < -0.3 is 9.15 Å². The summed E-state index contributed by atoms with van der Waals surface area (Å²) < 4.78 is 11.0. The van der Waals surface area contributed by atoms with Crippen molar-refractivity contribution in [3.8, 4) is 28.3 Å². The zero-order valence-corrected chi connectivity index (χ0v) is 13.5. The number of benzene rings is 3. The Morgan fingerprint density at radius 1 is 0.720 bits per heavy atom. The zero-order chi connectivity index (χ0) is 16.9. The molecule has 0 bridgehead atoms. The minimum absolute atomic E-state index is 0.503. The molecule has 0 N–H and O–H groups in total. The van der Waals surface area contributed by atoms with Crippen molar-refractivity contribution in [3.05, 3.63) is 90.8 Å². The Kier molecular flexibility index (Phi) is 4.25. The van der Waals surface area contributed by atoms with Gasteiger partial charge in [0.2, 0.25) is 12.3 Å². The second-order valence-corrected chi connectivity index (χ2v) is 5.62. The smallest absolute Gasteiger partial charge is 0.247 e. The minimum atomic E-state index is 0.503. The van der Waals surface area contributed by atoms with Gasteiger partial charge in [0.25, 0.3) is 0 Å². The van der Waals surface area contributed by atoms with Crippen molar-refractivity contribution >= 4 is 0 Å². The molecule has 0 unspecified atom stereocenters. The standard InChI is InChI=1S/C21H16N2O2/c1-2-4-17(5-3-1)18-8-6-16(7-9-18)14-24-20-12-10-19(11-13-20)21-23-22-15-25-21/h1-13,15H,14H2. The monoisotopic (exact) mass is 328 g/mol. The third kappa shape index (κ3) is 3.58. The number of nitrogens with zero attached hydrogens (tertiary/aromatic N) is 2. The molecule has 0 fully saturated rings. The summed E-state index contributed by atoms with van der Waals surface area (Å²) >= 11 is 0. The Balaban J connectivity index is 1.40. The number of aromatic nitrogens is 2. The SMILES string of the molecule is c1ccc(-c2ccc(COc3ccc(-c4nnco4)cc3)cc2)cc1. The zero-order valence-electron chi connectivity index (χ0n) is 13.5. The molecule has 0 atom stereocenters. The molecule has 122 valence electrons. The molecule has 1 heterocycles. The quantitative estimate of drug-likeness (QED) is 0.518. The average molecular weight is 328 g/mol. The van der Waals surface area contributed by atoms with E-state index in [0.717, 1.165) is 16.9 Å². The van der Waals surface area contributed by atoms with Crippen LogP contribution in [0.25, 0.3) is 22.6 Å². The van der Waals surface area contributed by atoms with Gasteiger partial charge in [0.05, 0.1) is 0 Å². The highest BCUT2D eigenvalue weighted by Gasteiger charge is 2.04. The van der Waals surface area contributed by atoms with Gasteiger partial charge in [-0.15, -0.1) is 10.2 Å². The van der Waals surface area contributed by atoms with Crippen LogP contribution in [0.15, 0.2) is 89.7 Å². The van der Waals surface area contributed by atoms with Crippen LogP contribution in [0.3, 0.4) is 0 Å². The van der Waals surface area contributed by atoms with E-state index < -0.39 is 0 Å². The van der Waals surface area contributed by atoms with Gasteiger partial charge in [-0.3, -0.25) is 0 Å². The molecule has 3 aromatic carbocycles. The van der Waals surface area contributed by atoms with Crippen molar-refractivity contribution in [1.29, 1.82) is 0 Å². The van der Waals surface area contributed by atoms with Crippen LogP contribution in [0.2, 0.25) is 0 Å². The van der Waals surface area contributed by atoms with Crippen LogP contribution in [0.4, 0.5) is 0 Å². The highest BCUT2D eigenvalue weighted by molar-refractivity contribution is 5.63. The van der Waals surface area contributed by atoms with Gasteiger partial charge >= 0.3 is 0 Å². The maximum atomic E-state index is 5.84. The molecule has 0 aliphatic rings. The van der Waals surface area contributed by atoms with Crippen LogP contribution in [-0.4, -0.2) is 10.2 Å². The fraction of sp³-hybridized carbons (Fsp3) is 0.0476. The molecule has 0 spiro atoms. The van der Waals surface area contributed by atoms with Gasteiger partial charge in [0.15, 0.2) is 0 Å². The van der Waals surface area contributed by atoms with Gasteiger partial charge in [-0.05, 0) is 41.0 Å². The number of hydrogen-bond donors (Lipinski definition) is 0.